The van der Waals surface area contributed by atoms with Crippen molar-refractivity contribution >= 4 is 22.4 Å². The molecule has 0 bridgehead atoms. The van der Waals surface area contributed by atoms with Gasteiger partial charge >= 0.3 is 0 Å². The monoisotopic (exact) mass is 328 g/mol. The van der Waals surface area contributed by atoms with Crippen LogP contribution < -0.4 is 5.32 Å². The molecular weight excluding hydrogens is 312 g/mol. The number of unbranched alkanes of at least 4 members (excludes halogenated alkanes) is 1. The highest BCUT2D eigenvalue weighted by Gasteiger charge is 2.15. The van der Waals surface area contributed by atoms with Gasteiger partial charge in [-0.2, -0.15) is 0 Å². The quantitative estimate of drug-likeness (QED) is 0.744. The molecule has 7 heteroatoms. The molecular formula is C16H16N4O2S. The lowest BCUT2D eigenvalue weighted by atomic mass is 10.1. The van der Waals surface area contributed by atoms with Crippen LogP contribution in [0.25, 0.3) is 11.3 Å². The van der Waals surface area contributed by atoms with Gasteiger partial charge in [-0.25, -0.2) is 0 Å². The lowest BCUT2D eigenvalue weighted by molar-refractivity contribution is 0.101. The van der Waals surface area contributed by atoms with E-state index in [-0.39, 0.29) is 11.6 Å². The number of hydrogen-bond donors (Lipinski definition) is 1. The standard InChI is InChI=1S/C16H16N4O2S/c1-2-3-9-14-18-19-16(23-14)17-15(21)12-10-13(22-20-12)11-7-5-4-6-8-11/h4-8,10H,2-3,9H2,1H3,(H,17,19,21). The molecule has 0 aliphatic rings. The Bertz CT molecular complexity index is 782. The summed E-state index contributed by atoms with van der Waals surface area (Å²) in [4.78, 5) is 12.2. The van der Waals surface area contributed by atoms with E-state index >= 15 is 0 Å². The van der Waals surface area contributed by atoms with Crippen LogP contribution >= 0.6 is 11.3 Å². The highest BCUT2D eigenvalue weighted by atomic mass is 32.1. The molecule has 1 N–H and O–H groups in total. The van der Waals surface area contributed by atoms with E-state index in [1.54, 1.807) is 6.07 Å². The van der Waals surface area contributed by atoms with Gasteiger partial charge in [-0.15, -0.1) is 10.2 Å². The average molecular weight is 328 g/mol. The Hall–Kier alpha value is -2.54. The third kappa shape index (κ3) is 3.81. The Balaban J connectivity index is 1.67. The zero-order valence-electron chi connectivity index (χ0n) is 12.7. The van der Waals surface area contributed by atoms with Crippen LogP contribution in [0.15, 0.2) is 40.9 Å². The van der Waals surface area contributed by atoms with Gasteiger partial charge in [0.25, 0.3) is 5.91 Å². The summed E-state index contributed by atoms with van der Waals surface area (Å²) in [6.07, 6.45) is 3.04. The van der Waals surface area contributed by atoms with E-state index < -0.39 is 0 Å². The molecule has 3 rings (SSSR count). The van der Waals surface area contributed by atoms with Crippen molar-refractivity contribution in [2.45, 2.75) is 26.2 Å². The summed E-state index contributed by atoms with van der Waals surface area (Å²) in [5.41, 5.74) is 1.09. The third-order valence-corrected chi connectivity index (χ3v) is 4.13. The molecule has 23 heavy (non-hydrogen) atoms. The molecule has 0 spiro atoms. The third-order valence-electron chi connectivity index (χ3n) is 3.23. The number of benzene rings is 1. The zero-order chi connectivity index (χ0) is 16.1. The van der Waals surface area contributed by atoms with Crippen LogP contribution in [0.5, 0.6) is 0 Å². The van der Waals surface area contributed by atoms with Gasteiger partial charge in [-0.05, 0) is 6.42 Å². The van der Waals surface area contributed by atoms with E-state index in [1.807, 2.05) is 30.3 Å². The number of aromatic nitrogens is 3. The molecule has 2 heterocycles. The summed E-state index contributed by atoms with van der Waals surface area (Å²) in [7, 11) is 0. The summed E-state index contributed by atoms with van der Waals surface area (Å²) in [5.74, 6) is 0.200. The summed E-state index contributed by atoms with van der Waals surface area (Å²) >= 11 is 1.39. The first-order valence-corrected chi connectivity index (χ1v) is 8.24. The summed E-state index contributed by atoms with van der Waals surface area (Å²) in [5, 5.41) is 16.0. The van der Waals surface area contributed by atoms with Crippen molar-refractivity contribution in [3.63, 3.8) is 0 Å². The molecule has 1 amide bonds. The fourth-order valence-electron chi connectivity index (χ4n) is 2.01. The van der Waals surface area contributed by atoms with Crippen molar-refractivity contribution in [2.24, 2.45) is 0 Å². The van der Waals surface area contributed by atoms with E-state index in [1.165, 1.54) is 11.3 Å². The maximum atomic E-state index is 12.2. The Labute approximate surface area is 137 Å². The first-order chi connectivity index (χ1) is 11.3. The molecule has 0 saturated carbocycles. The summed E-state index contributed by atoms with van der Waals surface area (Å²) in [6.45, 7) is 2.12. The van der Waals surface area contributed by atoms with E-state index in [0.29, 0.717) is 10.9 Å². The molecule has 0 aliphatic carbocycles. The van der Waals surface area contributed by atoms with Crippen LogP contribution in [0.1, 0.15) is 35.3 Å². The minimum atomic E-state index is -0.353. The van der Waals surface area contributed by atoms with Crippen LogP contribution in [-0.4, -0.2) is 21.3 Å². The number of nitrogens with one attached hydrogen (secondary N) is 1. The fraction of sp³-hybridized carbons (Fsp3) is 0.250. The Kier molecular flexibility index (Phi) is 4.77. The highest BCUT2D eigenvalue weighted by Crippen LogP contribution is 2.21. The van der Waals surface area contributed by atoms with Gasteiger partial charge in [-0.3, -0.25) is 10.1 Å². The predicted molar refractivity (Wildman–Crippen MR) is 88.4 cm³/mol. The first-order valence-electron chi connectivity index (χ1n) is 7.42. The molecule has 0 fully saturated rings. The summed E-state index contributed by atoms with van der Waals surface area (Å²) < 4.78 is 5.22. The van der Waals surface area contributed by atoms with Gasteiger partial charge in [0.1, 0.15) is 5.01 Å². The Morgan fingerprint density at radius 3 is 2.87 bits per heavy atom. The van der Waals surface area contributed by atoms with Gasteiger partial charge < -0.3 is 4.52 Å². The predicted octanol–water partition coefficient (Wildman–Crippen LogP) is 3.79. The fourth-order valence-corrected chi connectivity index (χ4v) is 2.79. The number of amides is 1. The zero-order valence-corrected chi connectivity index (χ0v) is 13.5. The maximum Gasteiger partial charge on any atom is 0.279 e. The molecule has 118 valence electrons. The molecule has 2 aromatic heterocycles. The van der Waals surface area contributed by atoms with Gasteiger partial charge in [-0.1, -0.05) is 60.2 Å². The number of hydrogen-bond acceptors (Lipinski definition) is 6. The average Bonchev–Trinajstić information content (AvgIpc) is 3.23. The molecule has 1 aromatic carbocycles. The van der Waals surface area contributed by atoms with Crippen LogP contribution in [0.3, 0.4) is 0 Å². The smallest absolute Gasteiger partial charge is 0.279 e. The minimum absolute atomic E-state index is 0.217. The van der Waals surface area contributed by atoms with Gasteiger partial charge in [0.2, 0.25) is 5.13 Å². The summed E-state index contributed by atoms with van der Waals surface area (Å²) in [6, 6.07) is 11.1. The van der Waals surface area contributed by atoms with Crippen molar-refractivity contribution in [1.82, 2.24) is 15.4 Å². The molecule has 0 radical (unpaired) electrons. The molecule has 6 nitrogen and oxygen atoms in total. The number of aryl methyl sites for hydroxylation is 1. The van der Waals surface area contributed by atoms with Crippen molar-refractivity contribution < 1.29 is 9.32 Å². The normalized spacial score (nSPS) is 10.7. The number of nitrogens with zero attached hydrogens (tertiary/aromatic N) is 3. The number of carbonyl (C=O) groups is 1. The minimum Gasteiger partial charge on any atom is -0.355 e. The SMILES string of the molecule is CCCCc1nnc(NC(=O)c2cc(-c3ccccc3)on2)s1. The van der Waals surface area contributed by atoms with Crippen LogP contribution in [0, 0.1) is 0 Å². The lowest BCUT2D eigenvalue weighted by Crippen LogP contribution is -2.11. The topological polar surface area (TPSA) is 80.9 Å². The number of rotatable bonds is 6. The van der Waals surface area contributed by atoms with E-state index in [9.17, 15) is 4.79 Å². The molecule has 0 saturated heterocycles. The lowest BCUT2D eigenvalue weighted by Gasteiger charge is -1.95. The maximum absolute atomic E-state index is 12.2. The molecule has 0 atom stereocenters. The van der Waals surface area contributed by atoms with Crippen molar-refractivity contribution in [1.29, 1.82) is 0 Å². The van der Waals surface area contributed by atoms with E-state index in [4.69, 9.17) is 4.52 Å². The first kappa shape index (κ1) is 15.4. The second-order valence-corrected chi connectivity index (χ2v) is 6.06. The number of carbonyl (C=O) groups excluding carboxylic acids is 1. The van der Waals surface area contributed by atoms with Gasteiger partial charge in [0, 0.05) is 18.1 Å². The second kappa shape index (κ2) is 7.15. The van der Waals surface area contributed by atoms with E-state index in [2.05, 4.69) is 27.6 Å². The largest absolute Gasteiger partial charge is 0.355 e. The Morgan fingerprint density at radius 2 is 2.09 bits per heavy atom. The Morgan fingerprint density at radius 1 is 1.26 bits per heavy atom. The molecule has 0 unspecified atom stereocenters. The highest BCUT2D eigenvalue weighted by molar-refractivity contribution is 7.15. The van der Waals surface area contributed by atoms with Gasteiger partial charge in [0.05, 0.1) is 0 Å². The second-order valence-electron chi connectivity index (χ2n) is 5.00. The van der Waals surface area contributed by atoms with Crippen LogP contribution in [-0.2, 0) is 6.42 Å². The van der Waals surface area contributed by atoms with Crippen molar-refractivity contribution in [2.75, 3.05) is 5.32 Å². The van der Waals surface area contributed by atoms with Crippen LogP contribution in [0.4, 0.5) is 5.13 Å². The van der Waals surface area contributed by atoms with Crippen LogP contribution in [0.2, 0.25) is 0 Å². The molecule has 0 aliphatic heterocycles. The van der Waals surface area contributed by atoms with E-state index in [0.717, 1.165) is 29.8 Å². The van der Waals surface area contributed by atoms with Crippen molar-refractivity contribution in [3.8, 4) is 11.3 Å². The number of anilines is 1. The van der Waals surface area contributed by atoms with Crippen molar-refractivity contribution in [3.05, 3.63) is 47.1 Å². The van der Waals surface area contributed by atoms with Gasteiger partial charge in [0.15, 0.2) is 11.5 Å². The molecule has 3 aromatic rings.